The van der Waals surface area contributed by atoms with Crippen LogP contribution in [0.2, 0.25) is 5.02 Å². The Morgan fingerprint density at radius 2 is 2.08 bits per heavy atom. The standard InChI is InChI=1S/C20H27ClN2O2/c1-15-4-2-3-13-23(15)19(25)10-12-20(11-9-18(24)22-20)14-16-5-7-17(21)8-6-16/h5-8,15H,2-4,9-14H2,1H3,(H,22,24)/t15-,20-/m1/s1. The van der Waals surface area contributed by atoms with Crippen LogP contribution < -0.4 is 5.32 Å². The number of piperidine rings is 1. The van der Waals surface area contributed by atoms with Crippen molar-refractivity contribution in [1.82, 2.24) is 10.2 Å². The van der Waals surface area contributed by atoms with E-state index in [9.17, 15) is 9.59 Å². The van der Waals surface area contributed by atoms with Crippen LogP contribution in [0.3, 0.4) is 0 Å². The van der Waals surface area contributed by atoms with Crippen molar-refractivity contribution in [3.8, 4) is 0 Å². The second-order valence-corrected chi connectivity index (χ2v) is 8.00. The number of nitrogens with zero attached hydrogens (tertiary/aromatic N) is 1. The van der Waals surface area contributed by atoms with Gasteiger partial charge in [-0.15, -0.1) is 0 Å². The smallest absolute Gasteiger partial charge is 0.222 e. The Labute approximate surface area is 154 Å². The molecule has 2 fully saturated rings. The number of amides is 2. The summed E-state index contributed by atoms with van der Waals surface area (Å²) in [5, 5.41) is 3.87. The highest BCUT2D eigenvalue weighted by atomic mass is 35.5. The number of hydrogen-bond acceptors (Lipinski definition) is 2. The van der Waals surface area contributed by atoms with Gasteiger partial charge >= 0.3 is 0 Å². The molecule has 2 amide bonds. The first-order chi connectivity index (χ1) is 12.0. The van der Waals surface area contributed by atoms with Crippen molar-refractivity contribution >= 4 is 23.4 Å². The maximum Gasteiger partial charge on any atom is 0.222 e. The number of halogens is 1. The molecule has 136 valence electrons. The zero-order valence-electron chi connectivity index (χ0n) is 14.9. The molecule has 0 spiro atoms. The summed E-state index contributed by atoms with van der Waals surface area (Å²) in [7, 11) is 0. The molecular weight excluding hydrogens is 336 g/mol. The Bertz CT molecular complexity index is 631. The van der Waals surface area contributed by atoms with Gasteiger partial charge in [0.15, 0.2) is 0 Å². The molecule has 0 unspecified atom stereocenters. The number of likely N-dealkylation sites (tertiary alicyclic amines) is 1. The van der Waals surface area contributed by atoms with Crippen LogP contribution in [-0.2, 0) is 16.0 Å². The molecule has 0 bridgehead atoms. The van der Waals surface area contributed by atoms with Gasteiger partial charge in [-0.1, -0.05) is 23.7 Å². The van der Waals surface area contributed by atoms with Gasteiger partial charge in [0.05, 0.1) is 0 Å². The van der Waals surface area contributed by atoms with Crippen molar-refractivity contribution in [1.29, 1.82) is 0 Å². The number of carbonyl (C=O) groups excluding carboxylic acids is 2. The van der Waals surface area contributed by atoms with E-state index in [1.807, 2.05) is 29.2 Å². The summed E-state index contributed by atoms with van der Waals surface area (Å²) >= 11 is 5.97. The summed E-state index contributed by atoms with van der Waals surface area (Å²) in [6.45, 7) is 3.01. The summed E-state index contributed by atoms with van der Waals surface area (Å²) in [6.07, 6.45) is 6.68. The number of rotatable bonds is 5. The molecule has 0 aromatic heterocycles. The summed E-state index contributed by atoms with van der Waals surface area (Å²) in [6, 6.07) is 8.10. The van der Waals surface area contributed by atoms with Crippen molar-refractivity contribution in [2.75, 3.05) is 6.54 Å². The van der Waals surface area contributed by atoms with Crippen LogP contribution in [0.25, 0.3) is 0 Å². The molecule has 1 aromatic rings. The van der Waals surface area contributed by atoms with Crippen molar-refractivity contribution < 1.29 is 9.59 Å². The maximum atomic E-state index is 12.7. The average molecular weight is 363 g/mol. The molecule has 2 aliphatic heterocycles. The Kier molecular flexibility index (Phi) is 5.67. The highest BCUT2D eigenvalue weighted by Gasteiger charge is 2.38. The Morgan fingerprint density at radius 3 is 2.72 bits per heavy atom. The Hall–Kier alpha value is -1.55. The van der Waals surface area contributed by atoms with E-state index in [0.29, 0.717) is 30.3 Å². The number of hydrogen-bond donors (Lipinski definition) is 1. The summed E-state index contributed by atoms with van der Waals surface area (Å²) < 4.78 is 0. The lowest BCUT2D eigenvalue weighted by atomic mass is 9.84. The number of nitrogens with one attached hydrogen (secondary N) is 1. The summed E-state index contributed by atoms with van der Waals surface area (Å²) in [5.41, 5.74) is 0.838. The maximum absolute atomic E-state index is 12.7. The SMILES string of the molecule is C[C@@H]1CCCCN1C(=O)CC[C@@]1(Cc2ccc(Cl)cc2)CCC(=O)N1. The van der Waals surface area contributed by atoms with Crippen LogP contribution in [0.5, 0.6) is 0 Å². The lowest BCUT2D eigenvalue weighted by molar-refractivity contribution is -0.135. The van der Waals surface area contributed by atoms with E-state index >= 15 is 0 Å². The molecule has 0 radical (unpaired) electrons. The monoisotopic (exact) mass is 362 g/mol. The van der Waals surface area contributed by atoms with Crippen LogP contribution in [0.4, 0.5) is 0 Å². The molecule has 3 rings (SSSR count). The third kappa shape index (κ3) is 4.55. The molecule has 0 saturated carbocycles. The second-order valence-electron chi connectivity index (χ2n) is 7.56. The highest BCUT2D eigenvalue weighted by molar-refractivity contribution is 6.30. The van der Waals surface area contributed by atoms with Crippen LogP contribution in [0.1, 0.15) is 57.4 Å². The molecule has 5 heteroatoms. The van der Waals surface area contributed by atoms with Gasteiger partial charge in [0.1, 0.15) is 0 Å². The third-order valence-corrected chi connectivity index (χ3v) is 5.88. The predicted molar refractivity (Wildman–Crippen MR) is 99.5 cm³/mol. The van der Waals surface area contributed by atoms with E-state index in [4.69, 9.17) is 11.6 Å². The molecule has 0 aliphatic carbocycles. The fraction of sp³-hybridized carbons (Fsp3) is 0.600. The Morgan fingerprint density at radius 1 is 1.32 bits per heavy atom. The first-order valence-corrected chi connectivity index (χ1v) is 9.70. The van der Waals surface area contributed by atoms with Gasteiger partial charge in [-0.2, -0.15) is 0 Å². The topological polar surface area (TPSA) is 49.4 Å². The largest absolute Gasteiger partial charge is 0.350 e. The minimum Gasteiger partial charge on any atom is -0.350 e. The fourth-order valence-electron chi connectivity index (χ4n) is 4.13. The van der Waals surface area contributed by atoms with E-state index in [1.54, 1.807) is 0 Å². The van der Waals surface area contributed by atoms with Crippen molar-refractivity contribution in [3.63, 3.8) is 0 Å². The summed E-state index contributed by atoms with van der Waals surface area (Å²) in [5.74, 6) is 0.316. The summed E-state index contributed by atoms with van der Waals surface area (Å²) in [4.78, 5) is 26.6. The molecule has 25 heavy (non-hydrogen) atoms. The average Bonchev–Trinajstić information content (AvgIpc) is 2.96. The first-order valence-electron chi connectivity index (χ1n) is 9.32. The minimum atomic E-state index is -0.306. The predicted octanol–water partition coefficient (Wildman–Crippen LogP) is 3.71. The van der Waals surface area contributed by atoms with E-state index in [0.717, 1.165) is 37.8 Å². The van der Waals surface area contributed by atoms with Crippen molar-refractivity contribution in [2.24, 2.45) is 0 Å². The van der Waals surface area contributed by atoms with Crippen LogP contribution >= 0.6 is 11.6 Å². The minimum absolute atomic E-state index is 0.0905. The van der Waals surface area contributed by atoms with Crippen LogP contribution in [0, 0.1) is 0 Å². The molecule has 2 atom stereocenters. The number of carbonyl (C=O) groups is 2. The lowest BCUT2D eigenvalue weighted by Crippen LogP contribution is -2.46. The third-order valence-electron chi connectivity index (χ3n) is 5.63. The van der Waals surface area contributed by atoms with Crippen LogP contribution in [0.15, 0.2) is 24.3 Å². The van der Waals surface area contributed by atoms with Gasteiger partial charge in [-0.3, -0.25) is 9.59 Å². The molecule has 1 aromatic carbocycles. The van der Waals surface area contributed by atoms with Gasteiger partial charge < -0.3 is 10.2 Å². The van der Waals surface area contributed by atoms with E-state index in [1.165, 1.54) is 6.42 Å². The molecular formula is C20H27ClN2O2. The van der Waals surface area contributed by atoms with Crippen LogP contribution in [-0.4, -0.2) is 34.8 Å². The van der Waals surface area contributed by atoms with Crippen molar-refractivity contribution in [2.45, 2.75) is 69.9 Å². The van der Waals surface area contributed by atoms with E-state index in [-0.39, 0.29) is 17.4 Å². The molecule has 2 saturated heterocycles. The Balaban J connectivity index is 1.65. The van der Waals surface area contributed by atoms with Gasteiger partial charge in [0.2, 0.25) is 11.8 Å². The van der Waals surface area contributed by atoms with Gasteiger partial charge in [0, 0.05) is 36.0 Å². The first kappa shape index (κ1) is 18.2. The quantitative estimate of drug-likeness (QED) is 0.867. The molecule has 2 aliphatic rings. The second kappa shape index (κ2) is 7.77. The normalized spacial score (nSPS) is 26.6. The van der Waals surface area contributed by atoms with Gasteiger partial charge in [-0.05, 0) is 63.1 Å². The zero-order chi connectivity index (χ0) is 17.9. The van der Waals surface area contributed by atoms with E-state index < -0.39 is 0 Å². The fourth-order valence-corrected chi connectivity index (χ4v) is 4.26. The van der Waals surface area contributed by atoms with E-state index in [2.05, 4.69) is 12.2 Å². The number of benzene rings is 1. The van der Waals surface area contributed by atoms with Crippen molar-refractivity contribution in [3.05, 3.63) is 34.9 Å². The molecule has 2 heterocycles. The highest BCUT2D eigenvalue weighted by Crippen LogP contribution is 2.31. The lowest BCUT2D eigenvalue weighted by Gasteiger charge is -2.35. The van der Waals surface area contributed by atoms with Gasteiger partial charge in [-0.25, -0.2) is 0 Å². The molecule has 1 N–H and O–H groups in total. The molecule has 4 nitrogen and oxygen atoms in total. The van der Waals surface area contributed by atoms with Gasteiger partial charge in [0.25, 0.3) is 0 Å². The zero-order valence-corrected chi connectivity index (χ0v) is 15.6.